The fourth-order valence-corrected chi connectivity index (χ4v) is 5.46. The first-order valence-electron chi connectivity index (χ1n) is 9.98. The van der Waals surface area contributed by atoms with E-state index >= 15 is 0 Å². The number of hydrogen-bond acceptors (Lipinski definition) is 4. The van der Waals surface area contributed by atoms with Crippen LogP contribution in [0.4, 0.5) is 13.2 Å². The van der Waals surface area contributed by atoms with Crippen LogP contribution in [0.3, 0.4) is 0 Å². The van der Waals surface area contributed by atoms with Crippen LogP contribution in [0.5, 0.6) is 0 Å². The number of primary sulfonamides is 1. The van der Waals surface area contributed by atoms with E-state index < -0.39 is 21.8 Å². The molecular formula is C21H21ClF3N3O3S. The lowest BCUT2D eigenvalue weighted by atomic mass is 10.0. The third-order valence-corrected chi connectivity index (χ3v) is 7.33. The zero-order chi connectivity index (χ0) is 23.3. The minimum absolute atomic E-state index is 0.0168. The molecule has 2 aliphatic heterocycles. The van der Waals surface area contributed by atoms with E-state index in [9.17, 15) is 26.4 Å². The number of halogens is 4. The molecule has 0 unspecified atom stereocenters. The van der Waals surface area contributed by atoms with Crippen molar-refractivity contribution < 1.29 is 26.4 Å². The second kappa shape index (κ2) is 8.33. The molecule has 2 N–H and O–H groups in total. The van der Waals surface area contributed by atoms with Crippen molar-refractivity contribution in [2.45, 2.75) is 43.0 Å². The van der Waals surface area contributed by atoms with Gasteiger partial charge in [0, 0.05) is 37.8 Å². The normalized spacial score (nSPS) is 18.3. The van der Waals surface area contributed by atoms with Crippen molar-refractivity contribution in [2.75, 3.05) is 13.1 Å². The highest BCUT2D eigenvalue weighted by Gasteiger charge is 2.36. The number of hydrogen-bond donors (Lipinski definition) is 1. The van der Waals surface area contributed by atoms with Crippen LogP contribution in [0.15, 0.2) is 41.3 Å². The highest BCUT2D eigenvalue weighted by molar-refractivity contribution is 7.89. The standard InChI is InChI=1S/C21H21ClF3N3O3S/c22-18-9-14-12-28(20(29)17(14)10-19(18)32(26,30)31)16-4-6-27(7-5-16)11-13-2-1-3-15(8-13)21(23,24)25/h1-3,8-10,16H,4-7,11-12H2,(H2,26,30,31). The van der Waals surface area contributed by atoms with E-state index in [1.165, 1.54) is 24.3 Å². The number of likely N-dealkylation sites (tertiary alicyclic amines) is 1. The van der Waals surface area contributed by atoms with Crippen molar-refractivity contribution in [3.8, 4) is 0 Å². The minimum atomic E-state index is -4.37. The Balaban J connectivity index is 1.41. The highest BCUT2D eigenvalue weighted by atomic mass is 35.5. The molecule has 2 aromatic rings. The van der Waals surface area contributed by atoms with E-state index in [-0.39, 0.29) is 27.4 Å². The Hall–Kier alpha value is -2.14. The Bertz CT molecular complexity index is 1160. The molecule has 32 heavy (non-hydrogen) atoms. The van der Waals surface area contributed by atoms with E-state index in [2.05, 4.69) is 4.90 Å². The lowest BCUT2D eigenvalue weighted by Gasteiger charge is -2.36. The van der Waals surface area contributed by atoms with Gasteiger partial charge in [0.1, 0.15) is 4.90 Å². The molecule has 1 saturated heterocycles. The van der Waals surface area contributed by atoms with Gasteiger partial charge in [0.25, 0.3) is 5.91 Å². The molecule has 6 nitrogen and oxygen atoms in total. The molecule has 0 spiro atoms. The second-order valence-corrected chi connectivity index (χ2v) is 10.1. The predicted octanol–water partition coefficient (Wildman–Crippen LogP) is 3.63. The van der Waals surface area contributed by atoms with E-state index in [1.807, 2.05) is 0 Å². The van der Waals surface area contributed by atoms with Crippen LogP contribution < -0.4 is 5.14 Å². The van der Waals surface area contributed by atoms with Crippen LogP contribution in [-0.4, -0.2) is 43.3 Å². The molecule has 2 aliphatic rings. The first kappa shape index (κ1) is 23.0. The molecule has 1 fully saturated rings. The average Bonchev–Trinajstić information content (AvgIpc) is 3.02. The van der Waals surface area contributed by atoms with Crippen molar-refractivity contribution in [1.82, 2.24) is 9.80 Å². The summed E-state index contributed by atoms with van der Waals surface area (Å²) >= 11 is 6.04. The van der Waals surface area contributed by atoms with Gasteiger partial charge in [0.05, 0.1) is 10.6 Å². The molecule has 0 aliphatic carbocycles. The van der Waals surface area contributed by atoms with Gasteiger partial charge in [-0.15, -0.1) is 0 Å². The zero-order valence-electron chi connectivity index (χ0n) is 16.9. The van der Waals surface area contributed by atoms with Gasteiger partial charge in [0.2, 0.25) is 10.0 Å². The number of amides is 1. The van der Waals surface area contributed by atoms with Crippen LogP contribution in [0.1, 0.15) is 39.9 Å². The number of carbonyl (C=O) groups excluding carboxylic acids is 1. The summed E-state index contributed by atoms with van der Waals surface area (Å²) < 4.78 is 62.2. The molecule has 2 heterocycles. The Morgan fingerprint density at radius 3 is 2.44 bits per heavy atom. The first-order chi connectivity index (χ1) is 14.9. The molecule has 1 amide bonds. The summed E-state index contributed by atoms with van der Waals surface area (Å²) in [5.74, 6) is -0.266. The van der Waals surface area contributed by atoms with Gasteiger partial charge in [0.15, 0.2) is 0 Å². The number of nitrogens with zero attached hydrogens (tertiary/aromatic N) is 2. The first-order valence-corrected chi connectivity index (χ1v) is 11.9. The summed E-state index contributed by atoms with van der Waals surface area (Å²) in [6.45, 7) is 1.99. The number of rotatable bonds is 4. The number of sulfonamides is 1. The van der Waals surface area contributed by atoms with Gasteiger partial charge in [-0.2, -0.15) is 13.2 Å². The third-order valence-electron chi connectivity index (χ3n) is 5.95. The Labute approximate surface area is 188 Å². The number of nitrogens with two attached hydrogens (primary N) is 1. The number of alkyl halides is 3. The molecule has 2 aromatic carbocycles. The predicted molar refractivity (Wildman–Crippen MR) is 112 cm³/mol. The molecule has 0 aromatic heterocycles. The Morgan fingerprint density at radius 1 is 1.12 bits per heavy atom. The van der Waals surface area contributed by atoms with Gasteiger partial charge in [-0.1, -0.05) is 29.8 Å². The summed E-state index contributed by atoms with van der Waals surface area (Å²) in [5, 5.41) is 5.16. The Kier molecular flexibility index (Phi) is 6.00. The van der Waals surface area contributed by atoms with Crippen molar-refractivity contribution in [3.05, 3.63) is 63.7 Å². The van der Waals surface area contributed by atoms with Crippen LogP contribution in [0, 0.1) is 0 Å². The van der Waals surface area contributed by atoms with Crippen molar-refractivity contribution in [2.24, 2.45) is 5.14 Å². The van der Waals surface area contributed by atoms with Gasteiger partial charge >= 0.3 is 6.18 Å². The van der Waals surface area contributed by atoms with Crippen LogP contribution in [-0.2, 0) is 29.3 Å². The second-order valence-electron chi connectivity index (χ2n) is 8.12. The van der Waals surface area contributed by atoms with E-state index in [0.29, 0.717) is 50.1 Å². The fourth-order valence-electron chi connectivity index (χ4n) is 4.34. The number of benzene rings is 2. The van der Waals surface area contributed by atoms with Gasteiger partial charge in [-0.05, 0) is 42.2 Å². The lowest BCUT2D eigenvalue weighted by Crippen LogP contribution is -2.44. The quantitative estimate of drug-likeness (QED) is 0.714. The average molecular weight is 488 g/mol. The van der Waals surface area contributed by atoms with Crippen LogP contribution >= 0.6 is 11.6 Å². The molecule has 11 heteroatoms. The largest absolute Gasteiger partial charge is 0.416 e. The molecule has 0 atom stereocenters. The third kappa shape index (κ3) is 4.63. The summed E-state index contributed by atoms with van der Waals surface area (Å²) in [6.07, 6.45) is -3.05. The van der Waals surface area contributed by atoms with Crippen molar-refractivity contribution >= 4 is 27.5 Å². The monoisotopic (exact) mass is 487 g/mol. The number of carbonyl (C=O) groups is 1. The summed E-state index contributed by atoms with van der Waals surface area (Å²) in [6, 6.07) is 7.96. The summed E-state index contributed by atoms with van der Waals surface area (Å²) in [5.41, 5.74) is 0.861. The molecule has 172 valence electrons. The van der Waals surface area contributed by atoms with E-state index in [0.717, 1.165) is 6.07 Å². The van der Waals surface area contributed by atoms with Gasteiger partial charge < -0.3 is 4.90 Å². The molecule has 0 bridgehead atoms. The molecule has 0 radical (unpaired) electrons. The minimum Gasteiger partial charge on any atom is -0.331 e. The number of piperidine rings is 1. The smallest absolute Gasteiger partial charge is 0.331 e. The van der Waals surface area contributed by atoms with Crippen LogP contribution in [0.2, 0.25) is 5.02 Å². The van der Waals surface area contributed by atoms with Crippen molar-refractivity contribution in [3.63, 3.8) is 0 Å². The van der Waals surface area contributed by atoms with Crippen LogP contribution in [0.25, 0.3) is 0 Å². The molecule has 0 saturated carbocycles. The van der Waals surface area contributed by atoms with Gasteiger partial charge in [-0.3, -0.25) is 9.69 Å². The number of fused-ring (bicyclic) bond motifs is 1. The summed E-state index contributed by atoms with van der Waals surface area (Å²) in [7, 11) is -4.05. The lowest BCUT2D eigenvalue weighted by molar-refractivity contribution is -0.137. The van der Waals surface area contributed by atoms with Crippen molar-refractivity contribution in [1.29, 1.82) is 0 Å². The van der Waals surface area contributed by atoms with Gasteiger partial charge in [-0.25, -0.2) is 13.6 Å². The maximum atomic E-state index is 12.9. The highest BCUT2D eigenvalue weighted by Crippen LogP contribution is 2.34. The molecular weight excluding hydrogens is 467 g/mol. The fraction of sp³-hybridized carbons (Fsp3) is 0.381. The van der Waals surface area contributed by atoms with E-state index in [1.54, 1.807) is 11.0 Å². The summed E-state index contributed by atoms with van der Waals surface area (Å²) in [4.78, 5) is 16.4. The SMILES string of the molecule is NS(=O)(=O)c1cc2c(cc1Cl)CN(C1CCN(Cc3cccc(C(F)(F)F)c3)CC1)C2=O. The zero-order valence-corrected chi connectivity index (χ0v) is 18.5. The maximum absolute atomic E-state index is 12.9. The molecule has 4 rings (SSSR count). The maximum Gasteiger partial charge on any atom is 0.416 e. The Morgan fingerprint density at radius 2 is 1.81 bits per heavy atom. The topological polar surface area (TPSA) is 83.7 Å². The van der Waals surface area contributed by atoms with E-state index in [4.69, 9.17) is 16.7 Å².